The highest BCUT2D eigenvalue weighted by Gasteiger charge is 2.10. The molecular formula is C17H13FN2O. The molecule has 0 saturated carbocycles. The van der Waals surface area contributed by atoms with E-state index in [1.165, 1.54) is 18.2 Å². The number of para-hydroxylation sites is 1. The van der Waals surface area contributed by atoms with Gasteiger partial charge in [-0.3, -0.25) is 9.78 Å². The van der Waals surface area contributed by atoms with Crippen LogP contribution in [0.3, 0.4) is 0 Å². The highest BCUT2D eigenvalue weighted by Crippen LogP contribution is 2.21. The van der Waals surface area contributed by atoms with E-state index in [1.807, 2.05) is 24.3 Å². The first-order chi connectivity index (χ1) is 10.1. The van der Waals surface area contributed by atoms with Crippen LogP contribution in [0.5, 0.6) is 0 Å². The number of anilines is 1. The summed E-state index contributed by atoms with van der Waals surface area (Å²) in [6.45, 7) is 1.63. The van der Waals surface area contributed by atoms with Gasteiger partial charge >= 0.3 is 0 Å². The maximum absolute atomic E-state index is 13.3. The number of nitrogens with zero attached hydrogens (tertiary/aromatic N) is 1. The highest BCUT2D eigenvalue weighted by molar-refractivity contribution is 6.08. The third kappa shape index (κ3) is 2.60. The van der Waals surface area contributed by atoms with E-state index >= 15 is 0 Å². The van der Waals surface area contributed by atoms with Gasteiger partial charge in [0.25, 0.3) is 5.91 Å². The number of benzene rings is 2. The Hall–Kier alpha value is -2.75. The molecule has 1 aromatic heterocycles. The minimum Gasteiger partial charge on any atom is -0.320 e. The van der Waals surface area contributed by atoms with Crippen LogP contribution in [-0.4, -0.2) is 10.9 Å². The number of carbonyl (C=O) groups excluding carboxylic acids is 1. The van der Waals surface area contributed by atoms with Crippen molar-refractivity contribution in [1.29, 1.82) is 0 Å². The normalized spacial score (nSPS) is 10.6. The maximum Gasteiger partial charge on any atom is 0.255 e. The molecule has 3 nitrogen and oxygen atoms in total. The lowest BCUT2D eigenvalue weighted by molar-refractivity contribution is 0.102. The Kier molecular flexibility index (Phi) is 3.36. The molecule has 0 unspecified atom stereocenters. The summed E-state index contributed by atoms with van der Waals surface area (Å²) < 4.78 is 13.3. The molecule has 0 bridgehead atoms. The molecule has 0 spiro atoms. The Balaban J connectivity index is 1.94. The molecule has 0 fully saturated rings. The van der Waals surface area contributed by atoms with E-state index in [9.17, 15) is 9.18 Å². The summed E-state index contributed by atoms with van der Waals surface area (Å²) in [6.07, 6.45) is 1.68. The van der Waals surface area contributed by atoms with Crippen LogP contribution >= 0.6 is 0 Å². The topological polar surface area (TPSA) is 42.0 Å². The first kappa shape index (κ1) is 13.2. The molecule has 0 aliphatic rings. The average Bonchev–Trinajstić information content (AvgIpc) is 2.50. The Morgan fingerprint density at radius 2 is 1.95 bits per heavy atom. The number of rotatable bonds is 2. The molecule has 0 saturated heterocycles. The predicted octanol–water partition coefficient (Wildman–Crippen LogP) is 3.93. The SMILES string of the molecule is Cc1cc(C(=O)Nc2cccc3cccnc23)ccc1F. The Labute approximate surface area is 121 Å². The fraction of sp³-hybridized carbons (Fsp3) is 0.0588. The number of halogens is 1. The van der Waals surface area contributed by atoms with Crippen LogP contribution in [0.4, 0.5) is 10.1 Å². The summed E-state index contributed by atoms with van der Waals surface area (Å²) >= 11 is 0. The van der Waals surface area contributed by atoms with Gasteiger partial charge in [-0.2, -0.15) is 0 Å². The van der Waals surface area contributed by atoms with Crippen LogP contribution in [0.2, 0.25) is 0 Å². The molecule has 21 heavy (non-hydrogen) atoms. The molecule has 1 amide bonds. The second-order valence-electron chi connectivity index (χ2n) is 4.80. The fourth-order valence-corrected chi connectivity index (χ4v) is 2.19. The number of hydrogen-bond donors (Lipinski definition) is 1. The van der Waals surface area contributed by atoms with Gasteiger partial charge < -0.3 is 5.32 Å². The monoisotopic (exact) mass is 280 g/mol. The third-order valence-electron chi connectivity index (χ3n) is 3.30. The highest BCUT2D eigenvalue weighted by atomic mass is 19.1. The summed E-state index contributed by atoms with van der Waals surface area (Å²) in [7, 11) is 0. The number of aryl methyl sites for hydroxylation is 1. The first-order valence-corrected chi connectivity index (χ1v) is 6.56. The van der Waals surface area contributed by atoms with Crippen LogP contribution in [-0.2, 0) is 0 Å². The number of nitrogens with one attached hydrogen (secondary N) is 1. The Morgan fingerprint density at radius 3 is 2.76 bits per heavy atom. The molecule has 0 aliphatic heterocycles. The minimum absolute atomic E-state index is 0.281. The molecule has 3 rings (SSSR count). The number of amides is 1. The summed E-state index contributed by atoms with van der Waals surface area (Å²) in [5.74, 6) is -0.602. The third-order valence-corrected chi connectivity index (χ3v) is 3.30. The number of aromatic nitrogens is 1. The van der Waals surface area contributed by atoms with Crippen molar-refractivity contribution in [2.45, 2.75) is 6.92 Å². The molecule has 3 aromatic rings. The largest absolute Gasteiger partial charge is 0.320 e. The number of pyridine rings is 1. The molecule has 1 N–H and O–H groups in total. The predicted molar refractivity (Wildman–Crippen MR) is 80.8 cm³/mol. The van der Waals surface area contributed by atoms with E-state index in [0.29, 0.717) is 16.8 Å². The van der Waals surface area contributed by atoms with Gasteiger partial charge in [0.15, 0.2) is 0 Å². The molecule has 1 heterocycles. The summed E-state index contributed by atoms with van der Waals surface area (Å²) in [6, 6.07) is 13.7. The van der Waals surface area contributed by atoms with Gasteiger partial charge in [0, 0.05) is 17.1 Å². The Bertz CT molecular complexity index is 825. The van der Waals surface area contributed by atoms with Crippen molar-refractivity contribution < 1.29 is 9.18 Å². The number of fused-ring (bicyclic) bond motifs is 1. The average molecular weight is 280 g/mol. The van der Waals surface area contributed by atoms with Crippen molar-refractivity contribution in [3.05, 3.63) is 71.7 Å². The lowest BCUT2D eigenvalue weighted by Gasteiger charge is -2.08. The van der Waals surface area contributed by atoms with Gasteiger partial charge in [-0.1, -0.05) is 18.2 Å². The van der Waals surface area contributed by atoms with E-state index in [0.717, 1.165) is 10.9 Å². The smallest absolute Gasteiger partial charge is 0.255 e. The Morgan fingerprint density at radius 1 is 1.14 bits per heavy atom. The van der Waals surface area contributed by atoms with Crippen LogP contribution in [0.15, 0.2) is 54.7 Å². The van der Waals surface area contributed by atoms with E-state index in [4.69, 9.17) is 0 Å². The number of hydrogen-bond acceptors (Lipinski definition) is 2. The van der Waals surface area contributed by atoms with Crippen LogP contribution < -0.4 is 5.32 Å². The van der Waals surface area contributed by atoms with Crippen LogP contribution in [0.1, 0.15) is 15.9 Å². The van der Waals surface area contributed by atoms with E-state index in [-0.39, 0.29) is 11.7 Å². The van der Waals surface area contributed by atoms with Crippen molar-refractivity contribution in [1.82, 2.24) is 4.98 Å². The van der Waals surface area contributed by atoms with Crippen LogP contribution in [0.25, 0.3) is 10.9 Å². The van der Waals surface area contributed by atoms with Crippen molar-refractivity contribution >= 4 is 22.5 Å². The quantitative estimate of drug-likeness (QED) is 0.772. The number of carbonyl (C=O) groups is 1. The lowest BCUT2D eigenvalue weighted by atomic mass is 10.1. The van der Waals surface area contributed by atoms with E-state index in [2.05, 4.69) is 10.3 Å². The zero-order chi connectivity index (χ0) is 14.8. The molecule has 0 radical (unpaired) electrons. The molecule has 2 aromatic carbocycles. The second kappa shape index (κ2) is 5.32. The molecule has 4 heteroatoms. The molecule has 0 aliphatic carbocycles. The first-order valence-electron chi connectivity index (χ1n) is 6.56. The maximum atomic E-state index is 13.3. The van der Waals surface area contributed by atoms with Gasteiger partial charge in [0.2, 0.25) is 0 Å². The summed E-state index contributed by atoms with van der Waals surface area (Å²) in [5, 5.41) is 3.77. The molecule has 104 valence electrons. The van der Waals surface area contributed by atoms with Gasteiger partial charge in [-0.15, -0.1) is 0 Å². The molecular weight excluding hydrogens is 267 g/mol. The molecule has 0 atom stereocenters. The minimum atomic E-state index is -0.321. The van der Waals surface area contributed by atoms with Crippen LogP contribution in [0, 0.1) is 12.7 Å². The van der Waals surface area contributed by atoms with Crippen molar-refractivity contribution in [3.8, 4) is 0 Å². The van der Waals surface area contributed by atoms with Gasteiger partial charge in [0.05, 0.1) is 11.2 Å². The van der Waals surface area contributed by atoms with E-state index < -0.39 is 0 Å². The zero-order valence-corrected chi connectivity index (χ0v) is 11.4. The van der Waals surface area contributed by atoms with E-state index in [1.54, 1.807) is 19.2 Å². The standard InChI is InChI=1S/C17H13FN2O/c1-11-10-13(7-8-14(11)18)17(21)20-15-6-2-4-12-5-3-9-19-16(12)15/h2-10H,1H3,(H,20,21). The summed E-state index contributed by atoms with van der Waals surface area (Å²) in [5.41, 5.74) is 2.23. The van der Waals surface area contributed by atoms with Gasteiger partial charge in [-0.25, -0.2) is 4.39 Å². The lowest BCUT2D eigenvalue weighted by Crippen LogP contribution is -2.12. The second-order valence-corrected chi connectivity index (χ2v) is 4.80. The fourth-order valence-electron chi connectivity index (χ4n) is 2.19. The zero-order valence-electron chi connectivity index (χ0n) is 11.4. The summed E-state index contributed by atoms with van der Waals surface area (Å²) in [4.78, 5) is 16.5. The van der Waals surface area contributed by atoms with Gasteiger partial charge in [0.1, 0.15) is 5.82 Å². The van der Waals surface area contributed by atoms with Crippen molar-refractivity contribution in [2.75, 3.05) is 5.32 Å². The van der Waals surface area contributed by atoms with Crippen molar-refractivity contribution in [3.63, 3.8) is 0 Å². The van der Waals surface area contributed by atoms with Gasteiger partial charge in [-0.05, 0) is 42.8 Å². The van der Waals surface area contributed by atoms with Crippen molar-refractivity contribution in [2.24, 2.45) is 0 Å².